The molecule has 2 N–H and O–H groups in total. The summed E-state index contributed by atoms with van der Waals surface area (Å²) < 4.78 is 27.1. The van der Waals surface area contributed by atoms with Gasteiger partial charge in [0.25, 0.3) is 0 Å². The van der Waals surface area contributed by atoms with Crippen molar-refractivity contribution in [3.63, 3.8) is 0 Å². The fourth-order valence-corrected chi connectivity index (χ4v) is 2.32. The topological polar surface area (TPSA) is 66.9 Å². The van der Waals surface area contributed by atoms with Gasteiger partial charge in [-0.15, -0.1) is 10.2 Å². The van der Waals surface area contributed by atoms with Gasteiger partial charge in [0, 0.05) is 12.1 Å². The van der Waals surface area contributed by atoms with Gasteiger partial charge >= 0.3 is 0 Å². The van der Waals surface area contributed by atoms with Crippen molar-refractivity contribution in [2.75, 3.05) is 10.6 Å². The molecule has 1 heterocycles. The molecule has 0 atom stereocenters. The minimum absolute atomic E-state index is 0.0956. The molecule has 7 heteroatoms. The molecule has 0 aliphatic rings. The van der Waals surface area contributed by atoms with E-state index in [1.807, 2.05) is 0 Å². The Morgan fingerprint density at radius 2 is 1.38 bits per heavy atom. The predicted molar refractivity (Wildman–Crippen MR) is 94.5 cm³/mol. The first-order valence-corrected chi connectivity index (χ1v) is 7.96. The van der Waals surface area contributed by atoms with E-state index in [1.165, 1.54) is 12.1 Å². The lowest BCUT2D eigenvalue weighted by molar-refractivity contribution is -0.115. The number of carbonyl (C=O) groups is 1. The third-order valence-electron chi connectivity index (χ3n) is 3.66. The summed E-state index contributed by atoms with van der Waals surface area (Å²) in [7, 11) is 0. The van der Waals surface area contributed by atoms with Crippen molar-refractivity contribution < 1.29 is 13.6 Å². The highest BCUT2D eigenvalue weighted by Gasteiger charge is 2.09. The number of nitrogens with one attached hydrogen (secondary N) is 2. The lowest BCUT2D eigenvalue weighted by atomic mass is 10.1. The number of anilines is 2. The molecule has 0 radical (unpaired) electrons. The van der Waals surface area contributed by atoms with Crippen LogP contribution >= 0.6 is 0 Å². The highest BCUT2D eigenvalue weighted by atomic mass is 19.1. The summed E-state index contributed by atoms with van der Waals surface area (Å²) in [5.74, 6) is -0.425. The molecule has 0 fully saturated rings. The van der Waals surface area contributed by atoms with Crippen LogP contribution in [0.4, 0.5) is 20.4 Å². The smallest absolute Gasteiger partial charge is 0.230 e. The average Bonchev–Trinajstić information content (AvgIpc) is 2.64. The van der Waals surface area contributed by atoms with E-state index in [1.54, 1.807) is 48.5 Å². The Labute approximate surface area is 149 Å². The number of rotatable bonds is 6. The van der Waals surface area contributed by atoms with Crippen molar-refractivity contribution in [2.45, 2.75) is 13.0 Å². The number of aromatic nitrogens is 2. The van der Waals surface area contributed by atoms with Crippen LogP contribution in [0.5, 0.6) is 0 Å². The van der Waals surface area contributed by atoms with Crippen molar-refractivity contribution in [1.82, 2.24) is 10.2 Å². The summed E-state index contributed by atoms with van der Waals surface area (Å²) in [5, 5.41) is 13.3. The molecule has 26 heavy (non-hydrogen) atoms. The van der Waals surface area contributed by atoms with E-state index in [0.29, 0.717) is 16.9 Å². The molecule has 0 bridgehead atoms. The number of nitrogens with zero attached hydrogens (tertiary/aromatic N) is 2. The Balaban J connectivity index is 1.55. The molecule has 0 saturated heterocycles. The van der Waals surface area contributed by atoms with Crippen LogP contribution < -0.4 is 10.6 Å². The summed E-state index contributed by atoms with van der Waals surface area (Å²) in [6, 6.07) is 15.7. The van der Waals surface area contributed by atoms with E-state index < -0.39 is 11.7 Å². The Bertz CT molecular complexity index is 900. The standard InChI is InChI=1S/C19H16F2N4O/c20-15-7-3-1-5-13(15)11-19(26)23-18-10-9-17(24-25-18)22-12-14-6-2-4-8-16(14)21/h1-10H,11-12H2,(H,22,24)(H,23,25,26). The quantitative estimate of drug-likeness (QED) is 0.710. The van der Waals surface area contributed by atoms with Gasteiger partial charge in [0.1, 0.15) is 17.5 Å². The lowest BCUT2D eigenvalue weighted by Gasteiger charge is -2.08. The fraction of sp³-hybridized carbons (Fsp3) is 0.105. The zero-order valence-corrected chi connectivity index (χ0v) is 13.7. The number of amides is 1. The van der Waals surface area contributed by atoms with E-state index in [-0.39, 0.29) is 24.6 Å². The first kappa shape index (κ1) is 17.5. The molecule has 5 nitrogen and oxygen atoms in total. The number of hydrogen-bond acceptors (Lipinski definition) is 4. The maximum Gasteiger partial charge on any atom is 0.230 e. The van der Waals surface area contributed by atoms with Crippen LogP contribution in [-0.2, 0) is 17.8 Å². The Kier molecular flexibility index (Phi) is 5.48. The van der Waals surface area contributed by atoms with Crippen LogP contribution in [0.1, 0.15) is 11.1 Å². The van der Waals surface area contributed by atoms with Gasteiger partial charge in [0.15, 0.2) is 5.82 Å². The molecule has 0 aliphatic heterocycles. The van der Waals surface area contributed by atoms with Crippen LogP contribution in [0.3, 0.4) is 0 Å². The zero-order valence-electron chi connectivity index (χ0n) is 13.7. The van der Waals surface area contributed by atoms with Gasteiger partial charge in [-0.2, -0.15) is 0 Å². The van der Waals surface area contributed by atoms with Gasteiger partial charge in [-0.1, -0.05) is 36.4 Å². The van der Waals surface area contributed by atoms with Gasteiger partial charge in [0.05, 0.1) is 6.42 Å². The second-order valence-electron chi connectivity index (χ2n) is 5.57. The molecular formula is C19H16F2N4O. The van der Waals surface area contributed by atoms with Gasteiger partial charge in [-0.25, -0.2) is 8.78 Å². The van der Waals surface area contributed by atoms with Gasteiger partial charge in [0.2, 0.25) is 5.91 Å². The second-order valence-corrected chi connectivity index (χ2v) is 5.57. The SMILES string of the molecule is O=C(Cc1ccccc1F)Nc1ccc(NCc2ccccc2F)nn1. The molecule has 3 rings (SSSR count). The molecule has 132 valence electrons. The summed E-state index contributed by atoms with van der Waals surface area (Å²) in [6.45, 7) is 0.264. The highest BCUT2D eigenvalue weighted by Crippen LogP contribution is 2.12. The Hall–Kier alpha value is -3.35. The molecule has 3 aromatic rings. The van der Waals surface area contributed by atoms with Crippen LogP contribution in [0, 0.1) is 11.6 Å². The maximum atomic E-state index is 13.6. The van der Waals surface area contributed by atoms with E-state index in [2.05, 4.69) is 20.8 Å². The largest absolute Gasteiger partial charge is 0.364 e. The molecule has 0 spiro atoms. The zero-order chi connectivity index (χ0) is 18.4. The monoisotopic (exact) mass is 354 g/mol. The molecule has 2 aromatic carbocycles. The number of benzene rings is 2. The van der Waals surface area contributed by atoms with Gasteiger partial charge in [-0.3, -0.25) is 4.79 Å². The lowest BCUT2D eigenvalue weighted by Crippen LogP contribution is -2.16. The predicted octanol–water partition coefficient (Wildman–Crippen LogP) is 3.55. The third kappa shape index (κ3) is 4.60. The van der Waals surface area contributed by atoms with Crippen LogP contribution in [-0.4, -0.2) is 16.1 Å². The number of carbonyl (C=O) groups excluding carboxylic acids is 1. The normalized spacial score (nSPS) is 10.4. The minimum Gasteiger partial charge on any atom is -0.364 e. The van der Waals surface area contributed by atoms with Crippen molar-refractivity contribution in [3.8, 4) is 0 Å². The van der Waals surface area contributed by atoms with Crippen LogP contribution in [0.25, 0.3) is 0 Å². The second kappa shape index (κ2) is 8.15. The third-order valence-corrected chi connectivity index (χ3v) is 3.66. The van der Waals surface area contributed by atoms with Crippen molar-refractivity contribution in [2.24, 2.45) is 0 Å². The molecule has 1 aromatic heterocycles. The molecule has 1 amide bonds. The Morgan fingerprint density at radius 1 is 0.808 bits per heavy atom. The number of halogens is 2. The molecule has 0 unspecified atom stereocenters. The van der Waals surface area contributed by atoms with E-state index in [9.17, 15) is 13.6 Å². The first-order valence-electron chi connectivity index (χ1n) is 7.96. The van der Waals surface area contributed by atoms with Gasteiger partial charge in [-0.05, 0) is 29.8 Å². The van der Waals surface area contributed by atoms with Gasteiger partial charge < -0.3 is 10.6 Å². The van der Waals surface area contributed by atoms with Crippen molar-refractivity contribution in [1.29, 1.82) is 0 Å². The summed E-state index contributed by atoms with van der Waals surface area (Å²) in [5.41, 5.74) is 0.817. The first-order chi connectivity index (χ1) is 12.6. The Morgan fingerprint density at radius 3 is 2.00 bits per heavy atom. The van der Waals surface area contributed by atoms with Crippen molar-refractivity contribution in [3.05, 3.63) is 83.4 Å². The summed E-state index contributed by atoms with van der Waals surface area (Å²) >= 11 is 0. The minimum atomic E-state index is -0.429. The van der Waals surface area contributed by atoms with E-state index in [4.69, 9.17) is 0 Å². The fourth-order valence-electron chi connectivity index (χ4n) is 2.32. The average molecular weight is 354 g/mol. The van der Waals surface area contributed by atoms with E-state index >= 15 is 0 Å². The van der Waals surface area contributed by atoms with Crippen LogP contribution in [0.2, 0.25) is 0 Å². The van der Waals surface area contributed by atoms with Crippen molar-refractivity contribution >= 4 is 17.5 Å². The van der Waals surface area contributed by atoms with E-state index in [0.717, 1.165) is 0 Å². The summed E-state index contributed by atoms with van der Waals surface area (Å²) in [4.78, 5) is 12.0. The highest BCUT2D eigenvalue weighted by molar-refractivity contribution is 5.91. The van der Waals surface area contributed by atoms with Crippen LogP contribution in [0.15, 0.2) is 60.7 Å². The molecule has 0 saturated carbocycles. The molecule has 0 aliphatic carbocycles. The number of hydrogen-bond donors (Lipinski definition) is 2. The summed E-state index contributed by atoms with van der Waals surface area (Å²) in [6.07, 6.45) is -0.0956. The maximum absolute atomic E-state index is 13.6. The molecular weight excluding hydrogens is 338 g/mol.